The Morgan fingerprint density at radius 1 is 1.19 bits per heavy atom. The van der Waals surface area contributed by atoms with E-state index in [4.69, 9.17) is 15.3 Å². The molecule has 1 saturated carbocycles. The van der Waals surface area contributed by atoms with Gasteiger partial charge in [0, 0.05) is 11.8 Å². The van der Waals surface area contributed by atoms with Gasteiger partial charge in [-0.25, -0.2) is 0 Å². The second kappa shape index (κ2) is 4.24. The zero-order valence-electron chi connectivity index (χ0n) is 8.94. The van der Waals surface area contributed by atoms with Crippen molar-refractivity contribution in [3.8, 4) is 17.9 Å². The quantitative estimate of drug-likeness (QED) is 0.770. The summed E-state index contributed by atoms with van der Waals surface area (Å²) in [5.74, 6) is 0.767. The van der Waals surface area contributed by atoms with E-state index in [1.807, 2.05) is 0 Å². The van der Waals surface area contributed by atoms with Crippen LogP contribution in [0.4, 0.5) is 0 Å². The first-order chi connectivity index (χ1) is 7.78. The van der Waals surface area contributed by atoms with Gasteiger partial charge in [0.2, 0.25) is 0 Å². The van der Waals surface area contributed by atoms with Gasteiger partial charge in [0.25, 0.3) is 0 Å². The predicted molar refractivity (Wildman–Crippen MR) is 58.5 cm³/mol. The minimum absolute atomic E-state index is 0.0999. The molecule has 0 N–H and O–H groups in total. The van der Waals surface area contributed by atoms with Crippen LogP contribution in [-0.4, -0.2) is 6.61 Å². The summed E-state index contributed by atoms with van der Waals surface area (Å²) in [4.78, 5) is 0. The smallest absolute Gasteiger partial charge is 0.119 e. The van der Waals surface area contributed by atoms with Crippen molar-refractivity contribution in [2.24, 2.45) is 5.41 Å². The second-order valence-electron chi connectivity index (χ2n) is 4.26. The molecule has 3 heteroatoms. The van der Waals surface area contributed by atoms with E-state index in [0.29, 0.717) is 18.6 Å². The largest absolute Gasteiger partial charge is 0.493 e. The first-order valence-electron chi connectivity index (χ1n) is 5.28. The van der Waals surface area contributed by atoms with Crippen molar-refractivity contribution in [1.29, 1.82) is 10.5 Å². The van der Waals surface area contributed by atoms with Crippen molar-refractivity contribution in [3.63, 3.8) is 0 Å². The van der Waals surface area contributed by atoms with E-state index in [0.717, 1.165) is 18.6 Å². The number of benzene rings is 1. The molecule has 0 atom stereocenters. The Morgan fingerprint density at radius 2 is 1.88 bits per heavy atom. The van der Waals surface area contributed by atoms with E-state index >= 15 is 0 Å². The molecule has 0 amide bonds. The molecule has 0 unspecified atom stereocenters. The summed E-state index contributed by atoms with van der Waals surface area (Å²) < 4.78 is 5.62. The molecule has 80 valence electrons. The third-order valence-electron chi connectivity index (χ3n) is 2.94. The SMILES string of the molecule is N#CCC1(COc2ccc(C#N)cc2)CC1. The summed E-state index contributed by atoms with van der Waals surface area (Å²) in [6.07, 6.45) is 2.73. The van der Waals surface area contributed by atoms with Gasteiger partial charge in [-0.1, -0.05) is 0 Å². The summed E-state index contributed by atoms with van der Waals surface area (Å²) in [6.45, 7) is 0.604. The summed E-state index contributed by atoms with van der Waals surface area (Å²) in [5, 5.41) is 17.3. The zero-order valence-corrected chi connectivity index (χ0v) is 8.94. The van der Waals surface area contributed by atoms with Crippen LogP contribution >= 0.6 is 0 Å². The molecule has 16 heavy (non-hydrogen) atoms. The molecule has 0 heterocycles. The molecule has 1 aliphatic carbocycles. The summed E-state index contributed by atoms with van der Waals surface area (Å²) in [7, 11) is 0. The molecular formula is C13H12N2O. The van der Waals surface area contributed by atoms with Crippen LogP contribution in [-0.2, 0) is 0 Å². The molecule has 3 nitrogen and oxygen atoms in total. The maximum absolute atomic E-state index is 8.67. The monoisotopic (exact) mass is 212 g/mol. The maximum Gasteiger partial charge on any atom is 0.119 e. The Bertz CT molecular complexity index is 446. The Labute approximate surface area is 94.9 Å². The highest BCUT2D eigenvalue weighted by molar-refractivity contribution is 5.34. The van der Waals surface area contributed by atoms with Gasteiger partial charge in [0.05, 0.1) is 24.3 Å². The predicted octanol–water partition coefficient (Wildman–Crippen LogP) is 2.63. The molecule has 1 aromatic rings. The van der Waals surface area contributed by atoms with Crippen LogP contribution in [0.25, 0.3) is 0 Å². The molecule has 1 fully saturated rings. The minimum Gasteiger partial charge on any atom is -0.493 e. The number of rotatable bonds is 4. The summed E-state index contributed by atoms with van der Waals surface area (Å²) in [6, 6.07) is 11.3. The highest BCUT2D eigenvalue weighted by atomic mass is 16.5. The van der Waals surface area contributed by atoms with Gasteiger partial charge in [-0.3, -0.25) is 0 Å². The van der Waals surface area contributed by atoms with Crippen molar-refractivity contribution in [1.82, 2.24) is 0 Å². The topological polar surface area (TPSA) is 56.8 Å². The van der Waals surface area contributed by atoms with Crippen molar-refractivity contribution < 1.29 is 4.74 Å². The lowest BCUT2D eigenvalue weighted by molar-refractivity contribution is 0.237. The number of hydrogen-bond donors (Lipinski definition) is 0. The van der Waals surface area contributed by atoms with Gasteiger partial charge in [0.15, 0.2) is 0 Å². The average Bonchev–Trinajstić information content (AvgIpc) is 3.08. The van der Waals surface area contributed by atoms with Crippen molar-refractivity contribution >= 4 is 0 Å². The van der Waals surface area contributed by atoms with Crippen molar-refractivity contribution in [2.75, 3.05) is 6.61 Å². The summed E-state index contributed by atoms with van der Waals surface area (Å²) in [5.41, 5.74) is 0.730. The van der Waals surface area contributed by atoms with E-state index in [1.54, 1.807) is 24.3 Å². The fourth-order valence-corrected chi connectivity index (χ4v) is 1.58. The van der Waals surface area contributed by atoms with Crippen molar-refractivity contribution in [3.05, 3.63) is 29.8 Å². The number of hydrogen-bond acceptors (Lipinski definition) is 3. The van der Waals surface area contributed by atoms with E-state index < -0.39 is 0 Å². The van der Waals surface area contributed by atoms with Gasteiger partial charge < -0.3 is 4.74 Å². The first kappa shape index (κ1) is 10.5. The molecule has 0 bridgehead atoms. The molecule has 0 spiro atoms. The lowest BCUT2D eigenvalue weighted by Gasteiger charge is -2.12. The molecular weight excluding hydrogens is 200 g/mol. The van der Waals surface area contributed by atoms with Gasteiger partial charge in [-0.2, -0.15) is 10.5 Å². The van der Waals surface area contributed by atoms with Crippen LogP contribution in [0.5, 0.6) is 5.75 Å². The van der Waals surface area contributed by atoms with Crippen molar-refractivity contribution in [2.45, 2.75) is 19.3 Å². The number of nitrogens with zero attached hydrogens (tertiary/aromatic N) is 2. The molecule has 1 aromatic carbocycles. The number of nitriles is 2. The van der Waals surface area contributed by atoms with Crippen LogP contribution in [0, 0.1) is 28.1 Å². The molecule has 2 rings (SSSR count). The molecule has 0 aromatic heterocycles. The summed E-state index contributed by atoms with van der Waals surface area (Å²) >= 11 is 0. The Hall–Kier alpha value is -2.00. The average molecular weight is 212 g/mol. The lowest BCUT2D eigenvalue weighted by atomic mass is 10.1. The molecule has 0 saturated heterocycles. The van der Waals surface area contributed by atoms with Gasteiger partial charge in [-0.15, -0.1) is 0 Å². The Morgan fingerprint density at radius 3 is 2.38 bits per heavy atom. The van der Waals surface area contributed by atoms with E-state index in [2.05, 4.69) is 12.1 Å². The Kier molecular flexibility index (Phi) is 2.79. The van der Waals surface area contributed by atoms with Crippen LogP contribution in [0.15, 0.2) is 24.3 Å². The third-order valence-corrected chi connectivity index (χ3v) is 2.94. The van der Waals surface area contributed by atoms with Gasteiger partial charge >= 0.3 is 0 Å². The second-order valence-corrected chi connectivity index (χ2v) is 4.26. The van der Waals surface area contributed by atoms with Crippen LogP contribution in [0.2, 0.25) is 0 Å². The fourth-order valence-electron chi connectivity index (χ4n) is 1.58. The first-order valence-corrected chi connectivity index (χ1v) is 5.28. The van der Waals surface area contributed by atoms with E-state index in [9.17, 15) is 0 Å². The number of ether oxygens (including phenoxy) is 1. The van der Waals surface area contributed by atoms with Crippen LogP contribution in [0.3, 0.4) is 0 Å². The van der Waals surface area contributed by atoms with Crippen LogP contribution < -0.4 is 4.74 Å². The fraction of sp³-hybridized carbons (Fsp3) is 0.385. The molecule has 1 aliphatic rings. The highest BCUT2D eigenvalue weighted by Gasteiger charge is 2.43. The minimum atomic E-state index is 0.0999. The Balaban J connectivity index is 1.91. The van der Waals surface area contributed by atoms with Gasteiger partial charge in [0.1, 0.15) is 5.75 Å². The van der Waals surface area contributed by atoms with E-state index in [-0.39, 0.29) is 5.41 Å². The lowest BCUT2D eigenvalue weighted by Crippen LogP contribution is -2.12. The van der Waals surface area contributed by atoms with Gasteiger partial charge in [-0.05, 0) is 37.1 Å². The molecule has 0 radical (unpaired) electrons. The standard InChI is InChI=1S/C13H12N2O/c14-8-7-13(5-6-13)10-16-12-3-1-11(9-15)2-4-12/h1-4H,5-7,10H2. The molecule has 0 aliphatic heterocycles. The highest BCUT2D eigenvalue weighted by Crippen LogP contribution is 2.48. The zero-order chi connectivity index (χ0) is 11.4. The van der Waals surface area contributed by atoms with E-state index in [1.165, 1.54) is 0 Å². The third kappa shape index (κ3) is 2.32. The normalized spacial score (nSPS) is 15.9. The maximum atomic E-state index is 8.67. The van der Waals surface area contributed by atoms with Crippen LogP contribution in [0.1, 0.15) is 24.8 Å².